The average Bonchev–Trinajstić information content (AvgIpc) is 3.83. The molecule has 262 valence electrons. The van der Waals surface area contributed by atoms with Gasteiger partial charge in [-0.2, -0.15) is 0 Å². The second kappa shape index (κ2) is 13.3. The van der Waals surface area contributed by atoms with Crippen LogP contribution in [0.2, 0.25) is 0 Å². The van der Waals surface area contributed by atoms with Crippen molar-refractivity contribution < 1.29 is 0 Å². The molecule has 4 nitrogen and oxygen atoms in total. The molecule has 0 bridgehead atoms. The van der Waals surface area contributed by atoms with Crippen LogP contribution in [0.1, 0.15) is 0 Å². The van der Waals surface area contributed by atoms with Crippen LogP contribution in [0.5, 0.6) is 0 Å². The first-order valence-corrected chi connectivity index (χ1v) is 19.6. The summed E-state index contributed by atoms with van der Waals surface area (Å²) in [5.74, 6) is 1.88. The van der Waals surface area contributed by atoms with E-state index in [0.29, 0.717) is 17.5 Å². The van der Waals surface area contributed by atoms with E-state index in [-0.39, 0.29) is 0 Å². The van der Waals surface area contributed by atoms with E-state index in [2.05, 4.69) is 174 Å². The third-order valence-corrected chi connectivity index (χ3v) is 11.9. The van der Waals surface area contributed by atoms with Crippen molar-refractivity contribution in [2.24, 2.45) is 0 Å². The molecule has 0 spiro atoms. The molecule has 0 unspecified atom stereocenters. The summed E-state index contributed by atoms with van der Waals surface area (Å²) in [4.78, 5) is 15.6. The van der Waals surface area contributed by atoms with Crippen molar-refractivity contribution >= 4 is 53.3 Å². The highest BCUT2D eigenvalue weighted by atomic mass is 32.1. The van der Waals surface area contributed by atoms with Gasteiger partial charge < -0.3 is 4.57 Å². The molecule has 56 heavy (non-hydrogen) atoms. The van der Waals surface area contributed by atoms with Crippen molar-refractivity contribution in [1.29, 1.82) is 0 Å². The van der Waals surface area contributed by atoms with Crippen LogP contribution < -0.4 is 0 Å². The Labute approximate surface area is 327 Å². The Hall–Kier alpha value is -7.21. The van der Waals surface area contributed by atoms with Gasteiger partial charge in [-0.05, 0) is 46.5 Å². The lowest BCUT2D eigenvalue weighted by molar-refractivity contribution is 1.06. The van der Waals surface area contributed by atoms with Gasteiger partial charge >= 0.3 is 0 Å². The van der Waals surface area contributed by atoms with Gasteiger partial charge in [-0.25, -0.2) is 15.0 Å². The fourth-order valence-electron chi connectivity index (χ4n) is 8.07. The van der Waals surface area contributed by atoms with Gasteiger partial charge in [-0.15, -0.1) is 11.3 Å². The van der Waals surface area contributed by atoms with Crippen molar-refractivity contribution in [2.75, 3.05) is 0 Å². The molecule has 0 aliphatic heterocycles. The van der Waals surface area contributed by atoms with Gasteiger partial charge in [-0.3, -0.25) is 0 Å². The molecule has 0 atom stereocenters. The lowest BCUT2D eigenvalue weighted by atomic mass is 10.0. The first-order valence-electron chi connectivity index (χ1n) is 18.8. The maximum absolute atomic E-state index is 5.27. The summed E-state index contributed by atoms with van der Waals surface area (Å²) < 4.78 is 4.98. The number of aromatic nitrogens is 4. The molecule has 0 N–H and O–H groups in total. The molecule has 5 heteroatoms. The summed E-state index contributed by atoms with van der Waals surface area (Å²) in [6, 6.07) is 68.4. The predicted octanol–water partition coefficient (Wildman–Crippen LogP) is 13.7. The highest BCUT2D eigenvalue weighted by Crippen LogP contribution is 2.46. The first-order chi connectivity index (χ1) is 27.8. The van der Waals surface area contributed by atoms with E-state index >= 15 is 0 Å². The van der Waals surface area contributed by atoms with Gasteiger partial charge in [0.25, 0.3) is 0 Å². The van der Waals surface area contributed by atoms with Crippen LogP contribution in [0.25, 0.3) is 104 Å². The van der Waals surface area contributed by atoms with Gasteiger partial charge in [0.1, 0.15) is 0 Å². The lowest BCUT2D eigenvalue weighted by Crippen LogP contribution is -2.03. The summed E-state index contributed by atoms with van der Waals surface area (Å²) in [5, 5.41) is 4.95. The van der Waals surface area contributed by atoms with Crippen LogP contribution in [-0.2, 0) is 0 Å². The number of nitrogens with zero attached hydrogens (tertiary/aromatic N) is 4. The lowest BCUT2D eigenvalue weighted by Gasteiger charge is -2.15. The Kier molecular flexibility index (Phi) is 7.64. The highest BCUT2D eigenvalue weighted by Gasteiger charge is 2.22. The van der Waals surface area contributed by atoms with E-state index in [1.54, 1.807) is 0 Å². The molecule has 11 aromatic rings. The summed E-state index contributed by atoms with van der Waals surface area (Å²) >= 11 is 1.88. The Morgan fingerprint density at radius 1 is 0.339 bits per heavy atom. The zero-order valence-electron chi connectivity index (χ0n) is 30.2. The highest BCUT2D eigenvalue weighted by molar-refractivity contribution is 7.27. The Bertz CT molecular complexity index is 3240. The van der Waals surface area contributed by atoms with E-state index < -0.39 is 0 Å². The van der Waals surface area contributed by atoms with Gasteiger partial charge in [0.05, 0.1) is 21.4 Å². The summed E-state index contributed by atoms with van der Waals surface area (Å²) in [5.41, 5.74) is 10.9. The molecule has 0 saturated carbocycles. The number of hydrogen-bond donors (Lipinski definition) is 0. The van der Waals surface area contributed by atoms with E-state index in [1.807, 2.05) is 35.6 Å². The zero-order chi connectivity index (χ0) is 37.0. The molecule has 0 aliphatic rings. The fourth-order valence-corrected chi connectivity index (χ4v) is 9.44. The Morgan fingerprint density at radius 2 is 0.875 bits per heavy atom. The third-order valence-electron chi connectivity index (χ3n) is 10.7. The minimum absolute atomic E-state index is 0.621. The number of hydrogen-bond acceptors (Lipinski definition) is 4. The van der Waals surface area contributed by atoms with Crippen LogP contribution in [0.15, 0.2) is 194 Å². The standard InChI is InChI=1S/C51H32N4S/c1-4-16-33(17-5-1)36-22-14-23-37(32-36)50-52-49(35-20-8-3-9-21-35)53-51(54-50)43-25-11-13-29-45(43)55-44-28-12-10-24-39(44)40-30-31-42-41-27-15-26-38(34-18-6-2-7-19-34)47(41)56-48(42)46(40)55/h1-32H. The molecule has 0 amide bonds. The molecule has 0 aliphatic carbocycles. The van der Waals surface area contributed by atoms with Crippen molar-refractivity contribution in [2.45, 2.75) is 0 Å². The van der Waals surface area contributed by atoms with Gasteiger partial charge in [-0.1, -0.05) is 170 Å². The number of rotatable bonds is 6. The Morgan fingerprint density at radius 3 is 1.68 bits per heavy atom. The van der Waals surface area contributed by atoms with E-state index in [9.17, 15) is 0 Å². The number of benzene rings is 8. The molecule has 0 saturated heterocycles. The van der Waals surface area contributed by atoms with E-state index in [1.165, 1.54) is 47.6 Å². The fraction of sp³-hybridized carbons (Fsp3) is 0. The number of fused-ring (bicyclic) bond motifs is 7. The van der Waals surface area contributed by atoms with Crippen LogP contribution in [-0.4, -0.2) is 19.5 Å². The Balaban J connectivity index is 1.18. The smallest absolute Gasteiger partial charge is 0.166 e. The van der Waals surface area contributed by atoms with Crippen LogP contribution in [0.3, 0.4) is 0 Å². The third kappa shape index (κ3) is 5.32. The predicted molar refractivity (Wildman–Crippen MR) is 234 cm³/mol. The van der Waals surface area contributed by atoms with Gasteiger partial charge in [0.15, 0.2) is 17.5 Å². The van der Waals surface area contributed by atoms with Crippen LogP contribution in [0, 0.1) is 0 Å². The second-order valence-electron chi connectivity index (χ2n) is 14.0. The SMILES string of the molecule is c1ccc(-c2cccc(-c3nc(-c4ccccc4)nc(-c4ccccc4-n4c5ccccc5c5ccc6c7cccc(-c8ccccc8)c7sc6c54)n3)c2)cc1. The van der Waals surface area contributed by atoms with E-state index in [4.69, 9.17) is 15.0 Å². The van der Waals surface area contributed by atoms with Crippen molar-refractivity contribution in [3.05, 3.63) is 194 Å². The van der Waals surface area contributed by atoms with Crippen LogP contribution in [0.4, 0.5) is 0 Å². The topological polar surface area (TPSA) is 43.6 Å². The van der Waals surface area contributed by atoms with Crippen molar-refractivity contribution in [1.82, 2.24) is 19.5 Å². The number of thiophene rings is 1. The molecule has 3 aromatic heterocycles. The zero-order valence-corrected chi connectivity index (χ0v) is 31.0. The molecule has 11 rings (SSSR count). The molecule has 0 radical (unpaired) electrons. The largest absolute Gasteiger partial charge is 0.307 e. The van der Waals surface area contributed by atoms with Gasteiger partial charge in [0.2, 0.25) is 0 Å². The molecular formula is C51H32N4S. The summed E-state index contributed by atoms with van der Waals surface area (Å²) in [7, 11) is 0. The summed E-state index contributed by atoms with van der Waals surface area (Å²) in [6.07, 6.45) is 0. The van der Waals surface area contributed by atoms with Crippen molar-refractivity contribution in [3.8, 4) is 62.1 Å². The average molecular weight is 733 g/mol. The summed E-state index contributed by atoms with van der Waals surface area (Å²) in [6.45, 7) is 0. The molecule has 8 aromatic carbocycles. The van der Waals surface area contributed by atoms with Crippen molar-refractivity contribution in [3.63, 3.8) is 0 Å². The van der Waals surface area contributed by atoms with E-state index in [0.717, 1.165) is 39.0 Å². The molecule has 3 heterocycles. The maximum atomic E-state index is 5.27. The molecule has 0 fully saturated rings. The minimum atomic E-state index is 0.621. The second-order valence-corrected chi connectivity index (χ2v) is 15.0. The maximum Gasteiger partial charge on any atom is 0.166 e. The first kappa shape index (κ1) is 32.2. The normalized spacial score (nSPS) is 11.6. The molecular weight excluding hydrogens is 701 g/mol. The minimum Gasteiger partial charge on any atom is -0.307 e. The monoisotopic (exact) mass is 732 g/mol. The van der Waals surface area contributed by atoms with Crippen LogP contribution >= 0.6 is 11.3 Å². The quantitative estimate of drug-likeness (QED) is 0.171. The number of para-hydroxylation sites is 2. The van der Waals surface area contributed by atoms with Gasteiger partial charge in [0, 0.05) is 42.9 Å².